The van der Waals surface area contributed by atoms with E-state index in [1.54, 1.807) is 12.1 Å². The first-order chi connectivity index (χ1) is 7.61. The Morgan fingerprint density at radius 1 is 1.19 bits per heavy atom. The molecule has 0 saturated carbocycles. The molecular formula is C11H13N3O2. The highest BCUT2D eigenvalue weighted by Crippen LogP contribution is 2.16. The van der Waals surface area contributed by atoms with Crippen LogP contribution in [-0.4, -0.2) is 9.97 Å². The average Bonchev–Trinajstić information content (AvgIpc) is 2.29. The van der Waals surface area contributed by atoms with Gasteiger partial charge in [-0.3, -0.25) is 9.59 Å². The van der Waals surface area contributed by atoms with Crippen molar-refractivity contribution in [3.63, 3.8) is 0 Å². The fourth-order valence-corrected chi connectivity index (χ4v) is 1.60. The van der Waals surface area contributed by atoms with Crippen LogP contribution in [-0.2, 0) is 0 Å². The predicted molar refractivity (Wildman–Crippen MR) is 62.4 cm³/mol. The van der Waals surface area contributed by atoms with Gasteiger partial charge >= 0.3 is 11.1 Å². The number of rotatable bonds is 2. The summed E-state index contributed by atoms with van der Waals surface area (Å²) in [5.74, 6) is 0. The summed E-state index contributed by atoms with van der Waals surface area (Å²) in [5.41, 5.74) is 6.76. The van der Waals surface area contributed by atoms with Gasteiger partial charge in [-0.25, -0.2) is 0 Å². The lowest BCUT2D eigenvalue weighted by molar-refractivity contribution is 0.699. The number of aromatic nitrogens is 2. The Bertz CT molecular complexity index is 627. The lowest BCUT2D eigenvalue weighted by atomic mass is 10.0. The van der Waals surface area contributed by atoms with Gasteiger partial charge < -0.3 is 15.7 Å². The average molecular weight is 219 g/mol. The van der Waals surface area contributed by atoms with Crippen LogP contribution in [0.25, 0.3) is 11.0 Å². The summed E-state index contributed by atoms with van der Waals surface area (Å²) in [7, 11) is 0. The molecule has 0 bridgehead atoms. The van der Waals surface area contributed by atoms with Gasteiger partial charge in [0, 0.05) is 6.04 Å². The van der Waals surface area contributed by atoms with Crippen molar-refractivity contribution < 1.29 is 0 Å². The van der Waals surface area contributed by atoms with E-state index in [-0.39, 0.29) is 6.04 Å². The number of aromatic amines is 2. The van der Waals surface area contributed by atoms with Crippen molar-refractivity contribution in [3.05, 3.63) is 44.5 Å². The van der Waals surface area contributed by atoms with E-state index in [0.29, 0.717) is 11.0 Å². The molecular weight excluding hydrogens is 206 g/mol. The van der Waals surface area contributed by atoms with Crippen LogP contribution < -0.4 is 16.9 Å². The van der Waals surface area contributed by atoms with Crippen molar-refractivity contribution in [2.45, 2.75) is 19.4 Å². The molecule has 4 N–H and O–H groups in total. The summed E-state index contributed by atoms with van der Waals surface area (Å²) in [6.07, 6.45) is 0.819. The van der Waals surface area contributed by atoms with Crippen molar-refractivity contribution in [1.29, 1.82) is 0 Å². The maximum Gasteiger partial charge on any atom is 0.314 e. The lowest BCUT2D eigenvalue weighted by Crippen LogP contribution is -2.29. The number of H-pyrrole nitrogens is 2. The smallest absolute Gasteiger partial charge is 0.314 e. The number of hydrogen-bond acceptors (Lipinski definition) is 3. The molecule has 0 spiro atoms. The van der Waals surface area contributed by atoms with Crippen LogP contribution in [0.3, 0.4) is 0 Å². The van der Waals surface area contributed by atoms with Crippen LogP contribution in [0.2, 0.25) is 0 Å². The highest BCUT2D eigenvalue weighted by Gasteiger charge is 2.05. The molecule has 1 unspecified atom stereocenters. The van der Waals surface area contributed by atoms with Gasteiger partial charge in [-0.2, -0.15) is 0 Å². The first-order valence-electron chi connectivity index (χ1n) is 5.13. The van der Waals surface area contributed by atoms with E-state index in [9.17, 15) is 9.59 Å². The molecule has 5 nitrogen and oxygen atoms in total. The molecule has 5 heteroatoms. The summed E-state index contributed by atoms with van der Waals surface area (Å²) < 4.78 is 0. The van der Waals surface area contributed by atoms with E-state index in [0.717, 1.165) is 12.0 Å². The first kappa shape index (κ1) is 10.6. The van der Waals surface area contributed by atoms with E-state index in [4.69, 9.17) is 5.73 Å². The number of nitrogens with one attached hydrogen (secondary N) is 2. The van der Waals surface area contributed by atoms with Gasteiger partial charge in [0.25, 0.3) is 0 Å². The Morgan fingerprint density at radius 3 is 2.44 bits per heavy atom. The van der Waals surface area contributed by atoms with Crippen LogP contribution in [0.15, 0.2) is 27.8 Å². The third-order valence-electron chi connectivity index (χ3n) is 2.61. The van der Waals surface area contributed by atoms with Crippen molar-refractivity contribution in [1.82, 2.24) is 9.97 Å². The highest BCUT2D eigenvalue weighted by molar-refractivity contribution is 5.74. The van der Waals surface area contributed by atoms with Gasteiger partial charge in [0.05, 0.1) is 11.0 Å². The van der Waals surface area contributed by atoms with Crippen LogP contribution >= 0.6 is 0 Å². The van der Waals surface area contributed by atoms with Crippen molar-refractivity contribution in [3.8, 4) is 0 Å². The molecule has 1 aromatic heterocycles. The Balaban J connectivity index is 2.67. The minimum absolute atomic E-state index is 0.0557. The number of nitrogens with two attached hydrogens (primary N) is 1. The van der Waals surface area contributed by atoms with Crippen LogP contribution in [0.1, 0.15) is 24.9 Å². The van der Waals surface area contributed by atoms with E-state index >= 15 is 0 Å². The largest absolute Gasteiger partial charge is 0.324 e. The van der Waals surface area contributed by atoms with Crippen molar-refractivity contribution in [2.24, 2.45) is 5.73 Å². The van der Waals surface area contributed by atoms with Gasteiger partial charge in [0.2, 0.25) is 0 Å². The summed E-state index contributed by atoms with van der Waals surface area (Å²) >= 11 is 0. The molecule has 0 aliphatic rings. The second-order valence-electron chi connectivity index (χ2n) is 3.73. The predicted octanol–water partition coefficient (Wildman–Crippen LogP) is 0.626. The molecule has 0 radical (unpaired) electrons. The molecule has 2 rings (SSSR count). The van der Waals surface area contributed by atoms with Gasteiger partial charge in [-0.15, -0.1) is 0 Å². The third kappa shape index (κ3) is 1.77. The molecule has 2 aromatic rings. The third-order valence-corrected chi connectivity index (χ3v) is 2.61. The normalized spacial score (nSPS) is 12.9. The van der Waals surface area contributed by atoms with E-state index < -0.39 is 11.1 Å². The topological polar surface area (TPSA) is 91.7 Å². The Morgan fingerprint density at radius 2 is 1.81 bits per heavy atom. The standard InChI is InChI=1S/C11H13N3O2/c1-2-7(12)6-3-4-8-9(5-6)14-11(16)10(15)13-8/h3-5,7H,2,12H2,1H3,(H,13,15)(H,14,16). The van der Waals surface area contributed by atoms with Crippen molar-refractivity contribution >= 4 is 11.0 Å². The minimum Gasteiger partial charge on any atom is -0.324 e. The summed E-state index contributed by atoms with van der Waals surface area (Å²) in [5, 5.41) is 0. The minimum atomic E-state index is -0.644. The molecule has 1 atom stereocenters. The van der Waals surface area contributed by atoms with Gasteiger partial charge in [0.15, 0.2) is 0 Å². The summed E-state index contributed by atoms with van der Waals surface area (Å²) in [6.45, 7) is 1.99. The van der Waals surface area contributed by atoms with Gasteiger partial charge in [0.1, 0.15) is 0 Å². The number of benzene rings is 1. The summed E-state index contributed by atoms with van der Waals surface area (Å²) in [4.78, 5) is 27.3. The second-order valence-corrected chi connectivity index (χ2v) is 3.73. The van der Waals surface area contributed by atoms with Gasteiger partial charge in [-0.05, 0) is 24.1 Å². The van der Waals surface area contributed by atoms with E-state index in [1.165, 1.54) is 0 Å². The van der Waals surface area contributed by atoms with Gasteiger partial charge in [-0.1, -0.05) is 13.0 Å². The van der Waals surface area contributed by atoms with Crippen LogP contribution in [0.5, 0.6) is 0 Å². The molecule has 0 fully saturated rings. The Labute approximate surface area is 91.3 Å². The highest BCUT2D eigenvalue weighted by atomic mass is 16.2. The lowest BCUT2D eigenvalue weighted by Gasteiger charge is -2.09. The second kappa shape index (κ2) is 3.94. The quantitative estimate of drug-likeness (QED) is 0.647. The molecule has 16 heavy (non-hydrogen) atoms. The maximum absolute atomic E-state index is 11.2. The fraction of sp³-hybridized carbons (Fsp3) is 0.273. The van der Waals surface area contributed by atoms with Crippen LogP contribution in [0, 0.1) is 0 Å². The molecule has 0 aliphatic heterocycles. The summed E-state index contributed by atoms with van der Waals surface area (Å²) in [6, 6.07) is 5.34. The fourth-order valence-electron chi connectivity index (χ4n) is 1.60. The molecule has 1 aromatic carbocycles. The molecule has 0 amide bonds. The van der Waals surface area contributed by atoms with Crippen LogP contribution in [0.4, 0.5) is 0 Å². The Hall–Kier alpha value is -1.88. The zero-order valence-corrected chi connectivity index (χ0v) is 8.91. The van der Waals surface area contributed by atoms with Crippen molar-refractivity contribution in [2.75, 3.05) is 0 Å². The maximum atomic E-state index is 11.2. The number of hydrogen-bond donors (Lipinski definition) is 3. The zero-order valence-electron chi connectivity index (χ0n) is 8.91. The monoisotopic (exact) mass is 219 g/mol. The van der Waals surface area contributed by atoms with E-state index in [2.05, 4.69) is 9.97 Å². The zero-order chi connectivity index (χ0) is 11.7. The molecule has 1 heterocycles. The SMILES string of the molecule is CCC(N)c1ccc2[nH]c(=O)c(=O)[nH]c2c1. The number of fused-ring (bicyclic) bond motifs is 1. The molecule has 84 valence electrons. The first-order valence-corrected chi connectivity index (χ1v) is 5.13. The van der Waals surface area contributed by atoms with E-state index in [1.807, 2.05) is 13.0 Å². The molecule has 0 saturated heterocycles. The Kier molecular flexibility index (Phi) is 2.62. The molecule has 0 aliphatic carbocycles.